The average molecular weight is 442 g/mol. The molecule has 1 aliphatic heterocycles. The average Bonchev–Trinajstić information content (AvgIpc) is 3.18. The number of fused-ring (bicyclic) bond motifs is 1. The Morgan fingerprint density at radius 2 is 1.77 bits per heavy atom. The molecule has 1 amide bonds. The highest BCUT2D eigenvalue weighted by atomic mass is 32.2. The number of anilines is 1. The normalized spacial score (nSPS) is 16.5. The quantitative estimate of drug-likeness (QED) is 0.656. The Morgan fingerprint density at radius 1 is 1.10 bits per heavy atom. The molecule has 1 saturated heterocycles. The summed E-state index contributed by atoms with van der Waals surface area (Å²) in [5.74, 6) is 0.314. The summed E-state index contributed by atoms with van der Waals surface area (Å²) in [4.78, 5) is 17.6. The van der Waals surface area contributed by atoms with Gasteiger partial charge in [0.25, 0.3) is 0 Å². The molecular weight excluding hydrogens is 414 g/mol. The number of aromatic nitrogens is 1. The summed E-state index contributed by atoms with van der Waals surface area (Å²) in [6.07, 6.45) is 0.969. The first-order valence-electron chi connectivity index (χ1n) is 10.4. The van der Waals surface area contributed by atoms with Gasteiger partial charge in [0, 0.05) is 30.1 Å². The number of hydrogen-bond acceptors (Lipinski definition) is 5. The molecule has 0 atom stereocenters. The van der Waals surface area contributed by atoms with Gasteiger partial charge in [-0.3, -0.25) is 4.79 Å². The SMILES string of the molecule is CC(C)(C)c1nc2cc(NC(=O)C3CCN(S(=O)(=O)c4ccccc4)CC3)ccc2o1. The molecule has 0 unspecified atom stereocenters. The molecule has 2 heterocycles. The Balaban J connectivity index is 1.40. The van der Waals surface area contributed by atoms with Crippen LogP contribution in [0.5, 0.6) is 0 Å². The summed E-state index contributed by atoms with van der Waals surface area (Å²) < 4.78 is 32.8. The molecule has 164 valence electrons. The van der Waals surface area contributed by atoms with E-state index >= 15 is 0 Å². The second-order valence-corrected chi connectivity index (χ2v) is 10.9. The highest BCUT2D eigenvalue weighted by Gasteiger charge is 2.32. The largest absolute Gasteiger partial charge is 0.440 e. The van der Waals surface area contributed by atoms with Crippen LogP contribution in [0.25, 0.3) is 11.1 Å². The molecule has 3 aromatic rings. The first-order chi connectivity index (χ1) is 14.6. The van der Waals surface area contributed by atoms with Gasteiger partial charge in [0.05, 0.1) is 4.90 Å². The second kappa shape index (κ2) is 8.09. The van der Waals surface area contributed by atoms with Gasteiger partial charge in [-0.25, -0.2) is 13.4 Å². The van der Waals surface area contributed by atoms with Crippen molar-refractivity contribution in [1.29, 1.82) is 0 Å². The molecule has 0 saturated carbocycles. The van der Waals surface area contributed by atoms with E-state index in [-0.39, 0.29) is 22.1 Å². The molecule has 31 heavy (non-hydrogen) atoms. The monoisotopic (exact) mass is 441 g/mol. The number of carbonyl (C=O) groups excluding carboxylic acids is 1. The molecular formula is C23H27N3O4S. The summed E-state index contributed by atoms with van der Waals surface area (Å²) in [5.41, 5.74) is 1.84. The number of hydrogen-bond donors (Lipinski definition) is 1. The Kier molecular flexibility index (Phi) is 5.61. The number of benzene rings is 2. The molecule has 7 nitrogen and oxygen atoms in total. The molecule has 1 N–H and O–H groups in total. The number of carbonyl (C=O) groups is 1. The fourth-order valence-electron chi connectivity index (χ4n) is 3.67. The van der Waals surface area contributed by atoms with Crippen molar-refractivity contribution in [2.75, 3.05) is 18.4 Å². The third-order valence-electron chi connectivity index (χ3n) is 5.50. The van der Waals surface area contributed by atoms with E-state index in [9.17, 15) is 13.2 Å². The van der Waals surface area contributed by atoms with Gasteiger partial charge in [-0.2, -0.15) is 4.31 Å². The fourth-order valence-corrected chi connectivity index (χ4v) is 5.16. The van der Waals surface area contributed by atoms with Crippen molar-refractivity contribution in [3.05, 3.63) is 54.4 Å². The number of nitrogens with one attached hydrogen (secondary N) is 1. The zero-order valence-electron chi connectivity index (χ0n) is 18.0. The Morgan fingerprint density at radius 3 is 2.42 bits per heavy atom. The molecule has 8 heteroatoms. The third kappa shape index (κ3) is 4.50. The van der Waals surface area contributed by atoms with E-state index in [2.05, 4.69) is 10.3 Å². The van der Waals surface area contributed by atoms with Crippen molar-refractivity contribution in [3.63, 3.8) is 0 Å². The van der Waals surface area contributed by atoms with Gasteiger partial charge in [0.15, 0.2) is 5.58 Å². The molecule has 1 aromatic heterocycles. The van der Waals surface area contributed by atoms with Crippen molar-refractivity contribution in [1.82, 2.24) is 9.29 Å². The molecule has 0 aliphatic carbocycles. The fraction of sp³-hybridized carbons (Fsp3) is 0.391. The number of piperidine rings is 1. The van der Waals surface area contributed by atoms with Gasteiger partial charge >= 0.3 is 0 Å². The molecule has 1 aliphatic rings. The van der Waals surface area contributed by atoms with Crippen molar-refractivity contribution < 1.29 is 17.6 Å². The zero-order chi connectivity index (χ0) is 22.2. The molecule has 2 aromatic carbocycles. The maximum Gasteiger partial charge on any atom is 0.243 e. The Labute approximate surface area is 182 Å². The van der Waals surface area contributed by atoms with E-state index in [4.69, 9.17) is 4.42 Å². The predicted molar refractivity (Wildman–Crippen MR) is 119 cm³/mol. The standard InChI is InChI=1S/C23H27N3O4S/c1-23(2,3)22-25-19-15-17(9-10-20(19)30-22)24-21(27)16-11-13-26(14-12-16)31(28,29)18-7-5-4-6-8-18/h4-10,15-16H,11-14H2,1-3H3,(H,24,27). The van der Waals surface area contributed by atoms with Gasteiger partial charge in [0.1, 0.15) is 5.52 Å². The minimum absolute atomic E-state index is 0.101. The van der Waals surface area contributed by atoms with E-state index in [1.54, 1.807) is 42.5 Å². The van der Waals surface area contributed by atoms with E-state index in [1.165, 1.54) is 4.31 Å². The van der Waals surface area contributed by atoms with E-state index in [1.807, 2.05) is 26.8 Å². The third-order valence-corrected chi connectivity index (χ3v) is 7.42. The first kappa shape index (κ1) is 21.5. The van der Waals surface area contributed by atoms with Crippen molar-refractivity contribution in [2.24, 2.45) is 5.92 Å². The lowest BCUT2D eigenvalue weighted by Crippen LogP contribution is -2.41. The van der Waals surface area contributed by atoms with Crippen LogP contribution in [0.1, 0.15) is 39.5 Å². The first-order valence-corrected chi connectivity index (χ1v) is 11.9. The molecule has 0 spiro atoms. The van der Waals surface area contributed by atoms with Gasteiger partial charge in [0.2, 0.25) is 21.8 Å². The van der Waals surface area contributed by atoms with E-state index in [0.717, 1.165) is 0 Å². The lowest BCUT2D eigenvalue weighted by molar-refractivity contribution is -0.120. The van der Waals surface area contributed by atoms with Gasteiger partial charge in [-0.05, 0) is 43.2 Å². The topological polar surface area (TPSA) is 92.5 Å². The summed E-state index contributed by atoms with van der Waals surface area (Å²) in [7, 11) is -3.52. The summed E-state index contributed by atoms with van der Waals surface area (Å²) in [6.45, 7) is 6.75. The van der Waals surface area contributed by atoms with Gasteiger partial charge < -0.3 is 9.73 Å². The highest BCUT2D eigenvalue weighted by Crippen LogP contribution is 2.28. The lowest BCUT2D eigenvalue weighted by atomic mass is 9.97. The van der Waals surface area contributed by atoms with Crippen LogP contribution < -0.4 is 5.32 Å². The van der Waals surface area contributed by atoms with Crippen LogP contribution in [-0.4, -0.2) is 36.7 Å². The van der Waals surface area contributed by atoms with Crippen molar-refractivity contribution in [3.8, 4) is 0 Å². The van der Waals surface area contributed by atoms with Crippen LogP contribution in [0.4, 0.5) is 5.69 Å². The minimum atomic E-state index is -3.52. The van der Waals surface area contributed by atoms with Crippen LogP contribution >= 0.6 is 0 Å². The summed E-state index contributed by atoms with van der Waals surface area (Å²) in [6, 6.07) is 13.8. The van der Waals surface area contributed by atoms with Crippen LogP contribution in [0, 0.1) is 5.92 Å². The summed E-state index contributed by atoms with van der Waals surface area (Å²) >= 11 is 0. The highest BCUT2D eigenvalue weighted by molar-refractivity contribution is 7.89. The van der Waals surface area contributed by atoms with Crippen LogP contribution in [0.3, 0.4) is 0 Å². The molecule has 1 fully saturated rings. The number of rotatable bonds is 4. The van der Waals surface area contributed by atoms with E-state index in [0.29, 0.717) is 48.6 Å². The van der Waals surface area contributed by atoms with Crippen LogP contribution in [0.15, 0.2) is 57.8 Å². The smallest absolute Gasteiger partial charge is 0.243 e. The van der Waals surface area contributed by atoms with Gasteiger partial charge in [-0.15, -0.1) is 0 Å². The minimum Gasteiger partial charge on any atom is -0.440 e. The second-order valence-electron chi connectivity index (χ2n) is 8.93. The Hall–Kier alpha value is -2.71. The predicted octanol–water partition coefficient (Wildman–Crippen LogP) is 4.16. The molecule has 0 radical (unpaired) electrons. The lowest BCUT2D eigenvalue weighted by Gasteiger charge is -2.30. The number of amides is 1. The van der Waals surface area contributed by atoms with E-state index < -0.39 is 10.0 Å². The number of oxazole rings is 1. The maximum absolute atomic E-state index is 12.8. The zero-order valence-corrected chi connectivity index (χ0v) is 18.8. The number of sulfonamides is 1. The molecule has 0 bridgehead atoms. The Bertz CT molecular complexity index is 1190. The van der Waals surface area contributed by atoms with Crippen LogP contribution in [-0.2, 0) is 20.2 Å². The van der Waals surface area contributed by atoms with Crippen molar-refractivity contribution in [2.45, 2.75) is 43.9 Å². The summed E-state index contributed by atoms with van der Waals surface area (Å²) in [5, 5.41) is 2.95. The van der Waals surface area contributed by atoms with Gasteiger partial charge in [-0.1, -0.05) is 39.0 Å². The maximum atomic E-state index is 12.8. The van der Waals surface area contributed by atoms with Crippen molar-refractivity contribution >= 4 is 32.7 Å². The molecule has 4 rings (SSSR count). The number of nitrogens with zero attached hydrogens (tertiary/aromatic N) is 2. The van der Waals surface area contributed by atoms with Crippen LogP contribution in [0.2, 0.25) is 0 Å².